The molecule has 0 aliphatic carbocycles. The van der Waals surface area contributed by atoms with Crippen molar-refractivity contribution < 1.29 is 0 Å². The van der Waals surface area contributed by atoms with Crippen LogP contribution in [0.2, 0.25) is 0 Å². The molecule has 3 rings (SSSR count). The number of hydrogen-bond donors (Lipinski definition) is 2. The van der Waals surface area contributed by atoms with Crippen LogP contribution in [0.25, 0.3) is 0 Å². The van der Waals surface area contributed by atoms with Gasteiger partial charge in [-0.15, -0.1) is 0 Å². The Bertz CT molecular complexity index is 630. The molecule has 0 bridgehead atoms. The molecule has 2 aromatic heterocycles. The SMILES string of the molecule is Cc1ccnc(N2CCn3ccnc3C2)c1C(=N)N. The smallest absolute Gasteiger partial charge is 0.140 e. The first kappa shape index (κ1) is 11.7. The summed E-state index contributed by atoms with van der Waals surface area (Å²) < 4.78 is 2.14. The maximum absolute atomic E-state index is 7.74. The molecule has 1 aliphatic rings. The highest BCUT2D eigenvalue weighted by molar-refractivity contribution is 6.01. The van der Waals surface area contributed by atoms with Gasteiger partial charge >= 0.3 is 0 Å². The number of nitrogens with one attached hydrogen (secondary N) is 1. The standard InChI is InChI=1S/C13H16N6/c1-9-2-3-17-13(11(9)12(14)15)19-7-6-18-5-4-16-10(18)8-19/h2-5H,6-8H2,1H3,(H3,14,15). The molecule has 6 heteroatoms. The van der Waals surface area contributed by atoms with E-state index >= 15 is 0 Å². The van der Waals surface area contributed by atoms with E-state index < -0.39 is 0 Å². The van der Waals surface area contributed by atoms with Crippen LogP contribution in [0.3, 0.4) is 0 Å². The second-order valence-electron chi connectivity index (χ2n) is 4.70. The molecule has 0 amide bonds. The summed E-state index contributed by atoms with van der Waals surface area (Å²) in [6.45, 7) is 4.37. The Morgan fingerprint density at radius 2 is 2.16 bits per heavy atom. The fourth-order valence-electron chi connectivity index (χ4n) is 2.47. The van der Waals surface area contributed by atoms with E-state index in [1.807, 2.05) is 25.4 Å². The van der Waals surface area contributed by atoms with Crippen molar-refractivity contribution in [2.75, 3.05) is 11.4 Å². The number of hydrogen-bond acceptors (Lipinski definition) is 4. The molecule has 0 fully saturated rings. The minimum Gasteiger partial charge on any atom is -0.384 e. The van der Waals surface area contributed by atoms with Crippen molar-refractivity contribution in [2.45, 2.75) is 20.0 Å². The Hall–Kier alpha value is -2.37. The first-order chi connectivity index (χ1) is 9.16. The maximum atomic E-state index is 7.74. The van der Waals surface area contributed by atoms with Gasteiger partial charge in [0.15, 0.2) is 0 Å². The van der Waals surface area contributed by atoms with Crippen LogP contribution in [0.1, 0.15) is 17.0 Å². The number of aryl methyl sites for hydroxylation is 1. The molecule has 98 valence electrons. The zero-order valence-corrected chi connectivity index (χ0v) is 10.8. The van der Waals surface area contributed by atoms with Crippen molar-refractivity contribution in [3.05, 3.63) is 41.6 Å². The van der Waals surface area contributed by atoms with Crippen molar-refractivity contribution in [1.82, 2.24) is 14.5 Å². The molecule has 6 nitrogen and oxygen atoms in total. The summed E-state index contributed by atoms with van der Waals surface area (Å²) in [4.78, 5) is 10.9. The molecule has 19 heavy (non-hydrogen) atoms. The van der Waals surface area contributed by atoms with E-state index in [0.717, 1.165) is 35.9 Å². The predicted octanol–water partition coefficient (Wildman–Crippen LogP) is 0.891. The summed E-state index contributed by atoms with van der Waals surface area (Å²) in [6.07, 6.45) is 5.56. The zero-order valence-electron chi connectivity index (χ0n) is 10.8. The lowest BCUT2D eigenvalue weighted by atomic mass is 10.1. The third kappa shape index (κ3) is 1.95. The molecule has 0 aromatic carbocycles. The van der Waals surface area contributed by atoms with Gasteiger partial charge in [-0.1, -0.05) is 0 Å². The van der Waals surface area contributed by atoms with Crippen LogP contribution in [-0.4, -0.2) is 26.9 Å². The predicted molar refractivity (Wildman–Crippen MR) is 73.3 cm³/mol. The van der Waals surface area contributed by atoms with Crippen LogP contribution in [0.5, 0.6) is 0 Å². The number of nitrogens with zero attached hydrogens (tertiary/aromatic N) is 4. The summed E-state index contributed by atoms with van der Waals surface area (Å²) in [7, 11) is 0. The monoisotopic (exact) mass is 256 g/mol. The number of nitrogen functional groups attached to an aromatic ring is 1. The van der Waals surface area contributed by atoms with Gasteiger partial charge in [-0.25, -0.2) is 9.97 Å². The van der Waals surface area contributed by atoms with Gasteiger partial charge in [-0.3, -0.25) is 5.41 Å². The normalized spacial score (nSPS) is 14.3. The molecule has 0 atom stereocenters. The van der Waals surface area contributed by atoms with E-state index in [2.05, 4.69) is 19.4 Å². The van der Waals surface area contributed by atoms with Crippen LogP contribution in [0, 0.1) is 12.3 Å². The van der Waals surface area contributed by atoms with Crippen LogP contribution >= 0.6 is 0 Å². The maximum Gasteiger partial charge on any atom is 0.140 e. The number of aromatic nitrogens is 3. The van der Waals surface area contributed by atoms with Gasteiger partial charge < -0.3 is 15.2 Å². The van der Waals surface area contributed by atoms with Crippen LogP contribution in [0.15, 0.2) is 24.7 Å². The van der Waals surface area contributed by atoms with E-state index in [9.17, 15) is 0 Å². The molecule has 0 spiro atoms. The van der Waals surface area contributed by atoms with Gasteiger partial charge in [0.1, 0.15) is 17.5 Å². The highest BCUT2D eigenvalue weighted by Gasteiger charge is 2.21. The highest BCUT2D eigenvalue weighted by atomic mass is 15.3. The Balaban J connectivity index is 2.00. The summed E-state index contributed by atoms with van der Waals surface area (Å²) >= 11 is 0. The summed E-state index contributed by atoms with van der Waals surface area (Å²) in [5, 5.41) is 7.74. The van der Waals surface area contributed by atoms with Gasteiger partial charge in [0.2, 0.25) is 0 Å². The Morgan fingerprint density at radius 1 is 1.32 bits per heavy atom. The lowest BCUT2D eigenvalue weighted by Crippen LogP contribution is -2.36. The highest BCUT2D eigenvalue weighted by Crippen LogP contribution is 2.24. The molecule has 1 aliphatic heterocycles. The van der Waals surface area contributed by atoms with Crippen LogP contribution < -0.4 is 10.6 Å². The van der Waals surface area contributed by atoms with Crippen LogP contribution in [0.4, 0.5) is 5.82 Å². The topological polar surface area (TPSA) is 83.8 Å². The number of nitrogens with two attached hydrogens (primary N) is 1. The number of imidazole rings is 1. The molecule has 0 saturated heterocycles. The molecule has 0 saturated carbocycles. The van der Waals surface area contributed by atoms with Gasteiger partial charge in [0, 0.05) is 31.7 Å². The lowest BCUT2D eigenvalue weighted by molar-refractivity contribution is 0.556. The van der Waals surface area contributed by atoms with Crippen molar-refractivity contribution >= 4 is 11.7 Å². The van der Waals surface area contributed by atoms with Crippen molar-refractivity contribution in [3.63, 3.8) is 0 Å². The lowest BCUT2D eigenvalue weighted by Gasteiger charge is -2.30. The van der Waals surface area contributed by atoms with Gasteiger partial charge in [0.05, 0.1) is 12.1 Å². The zero-order chi connectivity index (χ0) is 13.4. The average molecular weight is 256 g/mol. The van der Waals surface area contributed by atoms with E-state index in [1.165, 1.54) is 0 Å². The fraction of sp³-hybridized carbons (Fsp3) is 0.308. The molecule has 0 unspecified atom stereocenters. The summed E-state index contributed by atoms with van der Waals surface area (Å²) in [5.74, 6) is 1.86. The van der Waals surface area contributed by atoms with E-state index in [1.54, 1.807) is 6.20 Å². The average Bonchev–Trinajstić information content (AvgIpc) is 2.85. The van der Waals surface area contributed by atoms with Crippen molar-refractivity contribution in [3.8, 4) is 0 Å². The first-order valence-corrected chi connectivity index (χ1v) is 6.22. The third-order valence-corrected chi connectivity index (χ3v) is 3.45. The van der Waals surface area contributed by atoms with E-state index in [-0.39, 0.29) is 5.84 Å². The first-order valence-electron chi connectivity index (χ1n) is 6.22. The number of rotatable bonds is 2. The molecule has 3 N–H and O–H groups in total. The van der Waals surface area contributed by atoms with Gasteiger partial charge in [-0.05, 0) is 18.6 Å². The summed E-state index contributed by atoms with van der Waals surface area (Å²) in [6, 6.07) is 1.88. The minimum absolute atomic E-state index is 0.0644. The van der Waals surface area contributed by atoms with E-state index in [0.29, 0.717) is 6.54 Å². The molecule has 2 aromatic rings. The summed E-state index contributed by atoms with van der Waals surface area (Å²) in [5.41, 5.74) is 7.40. The van der Waals surface area contributed by atoms with Gasteiger partial charge in [-0.2, -0.15) is 0 Å². The Kier molecular flexibility index (Phi) is 2.70. The number of anilines is 1. The number of pyridine rings is 1. The largest absolute Gasteiger partial charge is 0.384 e. The molecule has 0 radical (unpaired) electrons. The third-order valence-electron chi connectivity index (χ3n) is 3.45. The molecular formula is C13H16N6. The van der Waals surface area contributed by atoms with E-state index in [4.69, 9.17) is 11.1 Å². The number of amidine groups is 1. The van der Waals surface area contributed by atoms with Crippen molar-refractivity contribution in [1.29, 1.82) is 5.41 Å². The van der Waals surface area contributed by atoms with Crippen molar-refractivity contribution in [2.24, 2.45) is 5.73 Å². The quantitative estimate of drug-likeness (QED) is 0.617. The second-order valence-corrected chi connectivity index (χ2v) is 4.70. The molecular weight excluding hydrogens is 240 g/mol. The second kappa shape index (κ2) is 4.38. The molecule has 3 heterocycles. The minimum atomic E-state index is 0.0644. The Morgan fingerprint density at radius 3 is 2.95 bits per heavy atom. The van der Waals surface area contributed by atoms with Crippen LogP contribution in [-0.2, 0) is 13.1 Å². The van der Waals surface area contributed by atoms with Gasteiger partial charge in [0.25, 0.3) is 0 Å². The number of fused-ring (bicyclic) bond motifs is 1. The fourth-order valence-corrected chi connectivity index (χ4v) is 2.47. The Labute approximate surface area is 111 Å².